The first-order valence-corrected chi connectivity index (χ1v) is 10.7. The van der Waals surface area contributed by atoms with E-state index in [9.17, 15) is 0 Å². The molecule has 0 amide bonds. The van der Waals surface area contributed by atoms with Crippen molar-refractivity contribution in [2.24, 2.45) is 0 Å². The molecule has 1 aromatic carbocycles. The highest BCUT2D eigenvalue weighted by molar-refractivity contribution is 9.10. The molecule has 0 bridgehead atoms. The van der Waals surface area contributed by atoms with Crippen LogP contribution in [0.25, 0.3) is 0 Å². The molecule has 1 saturated heterocycles. The number of halogens is 1. The lowest BCUT2D eigenvalue weighted by atomic mass is 10.0. The molecule has 1 aromatic rings. The van der Waals surface area contributed by atoms with E-state index in [1.807, 2.05) is 0 Å². The summed E-state index contributed by atoms with van der Waals surface area (Å²) in [6.45, 7) is 5.97. The van der Waals surface area contributed by atoms with Crippen molar-refractivity contribution in [2.75, 3.05) is 13.2 Å². The molecule has 1 aliphatic heterocycles. The molecule has 1 unspecified atom stereocenters. The van der Waals surface area contributed by atoms with Crippen molar-refractivity contribution in [1.82, 2.24) is 0 Å². The van der Waals surface area contributed by atoms with Gasteiger partial charge in [0.05, 0.1) is 6.61 Å². The van der Waals surface area contributed by atoms with Gasteiger partial charge in [0.25, 0.3) is 0 Å². The van der Waals surface area contributed by atoms with Gasteiger partial charge in [-0.1, -0.05) is 51.4 Å². The van der Waals surface area contributed by atoms with Crippen LogP contribution < -0.4 is 0 Å². The Morgan fingerprint density at radius 2 is 1.88 bits per heavy atom. The highest BCUT2D eigenvalue weighted by Gasteiger charge is 2.12. The summed E-state index contributed by atoms with van der Waals surface area (Å²) in [6.07, 6.45) is 13.8. The van der Waals surface area contributed by atoms with Crippen LogP contribution in [0.15, 0.2) is 52.0 Å². The Hall–Kier alpha value is -0.900. The van der Waals surface area contributed by atoms with Gasteiger partial charge in [0.1, 0.15) is 0 Å². The number of hydrogen-bond acceptors (Lipinski definition) is 2. The Morgan fingerprint density at radius 3 is 2.62 bits per heavy atom. The molecule has 2 rings (SSSR count). The zero-order valence-electron chi connectivity index (χ0n) is 16.3. The van der Waals surface area contributed by atoms with Gasteiger partial charge in [0.2, 0.25) is 0 Å². The molecular formula is C23H33BrO2. The number of hydrogen-bond donors (Lipinski definition) is 0. The zero-order valence-corrected chi connectivity index (χ0v) is 17.9. The highest BCUT2D eigenvalue weighted by Crippen LogP contribution is 2.16. The van der Waals surface area contributed by atoms with E-state index in [0.29, 0.717) is 6.61 Å². The zero-order chi connectivity index (χ0) is 18.6. The summed E-state index contributed by atoms with van der Waals surface area (Å²) in [4.78, 5) is 0. The summed E-state index contributed by atoms with van der Waals surface area (Å²) in [7, 11) is 0. The minimum Gasteiger partial charge on any atom is -0.353 e. The Labute approximate surface area is 167 Å². The van der Waals surface area contributed by atoms with Gasteiger partial charge >= 0.3 is 0 Å². The van der Waals surface area contributed by atoms with Crippen LogP contribution >= 0.6 is 15.9 Å². The maximum absolute atomic E-state index is 5.77. The van der Waals surface area contributed by atoms with E-state index in [0.717, 1.165) is 36.8 Å². The van der Waals surface area contributed by atoms with E-state index in [-0.39, 0.29) is 6.29 Å². The van der Waals surface area contributed by atoms with Crippen molar-refractivity contribution in [1.29, 1.82) is 0 Å². The second kappa shape index (κ2) is 12.5. The van der Waals surface area contributed by atoms with Crippen LogP contribution in [0.2, 0.25) is 0 Å². The number of rotatable bonds is 10. The van der Waals surface area contributed by atoms with E-state index in [1.165, 1.54) is 42.4 Å². The topological polar surface area (TPSA) is 18.5 Å². The largest absolute Gasteiger partial charge is 0.353 e. The summed E-state index contributed by atoms with van der Waals surface area (Å²) in [5, 5.41) is 0. The molecule has 2 nitrogen and oxygen atoms in total. The third-order valence-electron chi connectivity index (χ3n) is 4.83. The Bertz CT molecular complexity index is 568. The predicted octanol–water partition coefficient (Wildman–Crippen LogP) is 6.99. The molecule has 0 aliphatic carbocycles. The molecule has 3 heteroatoms. The van der Waals surface area contributed by atoms with Crippen LogP contribution in [0.1, 0.15) is 64.4 Å². The number of allylic oxidation sites excluding steroid dienone is 3. The van der Waals surface area contributed by atoms with Crippen LogP contribution in [0, 0.1) is 0 Å². The lowest BCUT2D eigenvalue weighted by Gasteiger charge is -2.22. The van der Waals surface area contributed by atoms with Crippen LogP contribution in [-0.2, 0) is 15.9 Å². The number of ether oxygens (including phenoxy) is 2. The van der Waals surface area contributed by atoms with E-state index >= 15 is 0 Å². The van der Waals surface area contributed by atoms with Gasteiger partial charge in [0.15, 0.2) is 6.29 Å². The Kier molecular flexibility index (Phi) is 10.3. The van der Waals surface area contributed by atoms with Crippen LogP contribution in [0.4, 0.5) is 0 Å². The van der Waals surface area contributed by atoms with Crippen molar-refractivity contribution in [3.05, 3.63) is 57.6 Å². The molecule has 1 aliphatic rings. The standard InChI is InChI=1S/C23H33BrO2/c1-19(9-6-10-21-12-14-22(24)15-13-21)7-5-8-20(2)16-18-26-23-11-3-4-17-25-23/h7,12-16,23H,3-6,8-11,17-18H2,1-2H3/b19-7+,20-16+. The maximum atomic E-state index is 5.77. The van der Waals surface area contributed by atoms with Crippen molar-refractivity contribution in [3.63, 3.8) is 0 Å². The fourth-order valence-corrected chi connectivity index (χ4v) is 3.38. The van der Waals surface area contributed by atoms with Gasteiger partial charge in [-0.2, -0.15) is 0 Å². The summed E-state index contributed by atoms with van der Waals surface area (Å²) in [6, 6.07) is 8.66. The van der Waals surface area contributed by atoms with E-state index in [2.05, 4.69) is 66.2 Å². The van der Waals surface area contributed by atoms with Gasteiger partial charge in [-0.05, 0) is 82.9 Å². The van der Waals surface area contributed by atoms with E-state index in [1.54, 1.807) is 0 Å². The molecule has 1 fully saturated rings. The second-order valence-corrected chi connectivity index (χ2v) is 8.16. The summed E-state index contributed by atoms with van der Waals surface area (Å²) in [5.74, 6) is 0. The lowest BCUT2D eigenvalue weighted by molar-refractivity contribution is -0.155. The van der Waals surface area contributed by atoms with Crippen LogP contribution in [-0.4, -0.2) is 19.5 Å². The molecular weight excluding hydrogens is 388 g/mol. The van der Waals surface area contributed by atoms with Crippen molar-refractivity contribution in [2.45, 2.75) is 71.5 Å². The van der Waals surface area contributed by atoms with Crippen molar-refractivity contribution >= 4 is 15.9 Å². The van der Waals surface area contributed by atoms with Gasteiger partial charge in [0, 0.05) is 11.1 Å². The summed E-state index contributed by atoms with van der Waals surface area (Å²) >= 11 is 3.48. The second-order valence-electron chi connectivity index (χ2n) is 7.25. The molecule has 1 heterocycles. The average Bonchev–Trinajstić information content (AvgIpc) is 2.64. The monoisotopic (exact) mass is 420 g/mol. The fourth-order valence-electron chi connectivity index (χ4n) is 3.11. The first-order chi connectivity index (χ1) is 12.6. The maximum Gasteiger partial charge on any atom is 0.157 e. The van der Waals surface area contributed by atoms with Crippen molar-refractivity contribution in [3.8, 4) is 0 Å². The Morgan fingerprint density at radius 1 is 1.12 bits per heavy atom. The predicted molar refractivity (Wildman–Crippen MR) is 113 cm³/mol. The minimum absolute atomic E-state index is 0.0145. The molecule has 144 valence electrons. The molecule has 0 N–H and O–H groups in total. The van der Waals surface area contributed by atoms with E-state index < -0.39 is 0 Å². The highest BCUT2D eigenvalue weighted by atomic mass is 79.9. The van der Waals surface area contributed by atoms with Crippen LogP contribution in [0.5, 0.6) is 0 Å². The third kappa shape index (κ3) is 9.16. The molecule has 0 radical (unpaired) electrons. The first kappa shape index (κ1) is 21.4. The molecule has 0 spiro atoms. The van der Waals surface area contributed by atoms with Gasteiger partial charge in [-0.25, -0.2) is 0 Å². The van der Waals surface area contributed by atoms with Crippen LogP contribution in [0.3, 0.4) is 0 Å². The number of benzene rings is 1. The quantitative estimate of drug-likeness (QED) is 0.379. The molecule has 0 saturated carbocycles. The normalized spacial score (nSPS) is 19.0. The molecule has 26 heavy (non-hydrogen) atoms. The Balaban J connectivity index is 1.57. The minimum atomic E-state index is 0.0145. The first-order valence-electron chi connectivity index (χ1n) is 9.92. The van der Waals surface area contributed by atoms with Gasteiger partial charge in [-0.15, -0.1) is 0 Å². The third-order valence-corrected chi connectivity index (χ3v) is 5.36. The molecule has 0 aromatic heterocycles. The SMILES string of the molecule is C/C(=C\COC1CCCCO1)CC/C=C(\C)CCCc1ccc(Br)cc1. The number of aryl methyl sites for hydroxylation is 1. The fraction of sp³-hybridized carbons (Fsp3) is 0.565. The molecule has 1 atom stereocenters. The smallest absolute Gasteiger partial charge is 0.157 e. The summed E-state index contributed by atoms with van der Waals surface area (Å²) in [5.41, 5.74) is 4.32. The van der Waals surface area contributed by atoms with Crippen molar-refractivity contribution < 1.29 is 9.47 Å². The lowest BCUT2D eigenvalue weighted by Crippen LogP contribution is -2.22. The van der Waals surface area contributed by atoms with Gasteiger partial charge in [-0.3, -0.25) is 0 Å². The van der Waals surface area contributed by atoms with E-state index in [4.69, 9.17) is 9.47 Å². The average molecular weight is 421 g/mol. The summed E-state index contributed by atoms with van der Waals surface area (Å²) < 4.78 is 12.5. The van der Waals surface area contributed by atoms with Gasteiger partial charge < -0.3 is 9.47 Å².